The maximum absolute atomic E-state index is 12.9. The minimum atomic E-state index is -3.48. The molecule has 3 nitrogen and oxygen atoms in total. The smallest absolute Gasteiger partial charge is 0.184 e. The predicted octanol–water partition coefficient (Wildman–Crippen LogP) is 0.905. The van der Waals surface area contributed by atoms with Gasteiger partial charge >= 0.3 is 0 Å². The SMILES string of the molecule is CC(O)C1Cc2cc(F)ccc2S1(=O)=O. The largest absolute Gasteiger partial charge is 0.392 e. The zero-order valence-corrected chi connectivity index (χ0v) is 8.96. The Kier molecular flexibility index (Phi) is 2.31. The van der Waals surface area contributed by atoms with Gasteiger partial charge in [0, 0.05) is 0 Å². The Labute approximate surface area is 87.5 Å². The lowest BCUT2D eigenvalue weighted by Crippen LogP contribution is -2.29. The van der Waals surface area contributed by atoms with Crippen LogP contribution in [0.15, 0.2) is 23.1 Å². The summed E-state index contributed by atoms with van der Waals surface area (Å²) in [4.78, 5) is 0.148. The van der Waals surface area contributed by atoms with E-state index in [4.69, 9.17) is 0 Å². The highest BCUT2D eigenvalue weighted by atomic mass is 32.2. The third-order valence-corrected chi connectivity index (χ3v) is 5.06. The second-order valence-electron chi connectivity index (χ2n) is 3.78. The van der Waals surface area contributed by atoms with E-state index >= 15 is 0 Å². The topological polar surface area (TPSA) is 54.4 Å². The summed E-state index contributed by atoms with van der Waals surface area (Å²) < 4.78 is 36.6. The highest BCUT2D eigenvalue weighted by Gasteiger charge is 2.39. The first kappa shape index (κ1) is 10.6. The van der Waals surface area contributed by atoms with Crippen molar-refractivity contribution in [3.8, 4) is 0 Å². The predicted molar refractivity (Wildman–Crippen MR) is 52.8 cm³/mol. The lowest BCUT2D eigenvalue weighted by atomic mass is 10.1. The maximum atomic E-state index is 12.9. The monoisotopic (exact) mass is 230 g/mol. The van der Waals surface area contributed by atoms with Crippen LogP contribution in [0.5, 0.6) is 0 Å². The Morgan fingerprint density at radius 2 is 2.20 bits per heavy atom. The van der Waals surface area contributed by atoms with Crippen LogP contribution in [0, 0.1) is 5.82 Å². The fraction of sp³-hybridized carbons (Fsp3) is 0.400. The average Bonchev–Trinajstić information content (AvgIpc) is 2.37. The van der Waals surface area contributed by atoms with E-state index in [1.54, 1.807) is 0 Å². The van der Waals surface area contributed by atoms with Gasteiger partial charge < -0.3 is 5.11 Å². The van der Waals surface area contributed by atoms with Crippen molar-refractivity contribution >= 4 is 9.84 Å². The van der Waals surface area contributed by atoms with Crippen molar-refractivity contribution in [2.75, 3.05) is 0 Å². The highest BCUT2D eigenvalue weighted by molar-refractivity contribution is 7.92. The molecule has 2 atom stereocenters. The van der Waals surface area contributed by atoms with Gasteiger partial charge in [0.25, 0.3) is 0 Å². The van der Waals surface area contributed by atoms with E-state index in [9.17, 15) is 17.9 Å². The molecule has 0 aromatic heterocycles. The van der Waals surface area contributed by atoms with Crippen molar-refractivity contribution in [1.29, 1.82) is 0 Å². The molecule has 0 bridgehead atoms. The molecule has 0 aliphatic carbocycles. The van der Waals surface area contributed by atoms with Crippen LogP contribution >= 0.6 is 0 Å². The van der Waals surface area contributed by atoms with E-state index in [0.29, 0.717) is 5.56 Å². The Balaban J connectivity index is 2.57. The van der Waals surface area contributed by atoms with E-state index in [1.165, 1.54) is 19.1 Å². The van der Waals surface area contributed by atoms with Crippen LogP contribution in [-0.2, 0) is 16.3 Å². The number of aliphatic hydroxyl groups is 1. The molecule has 1 aliphatic heterocycles. The van der Waals surface area contributed by atoms with Gasteiger partial charge in [-0.15, -0.1) is 0 Å². The number of benzene rings is 1. The first-order valence-corrected chi connectivity index (χ1v) is 6.18. The Bertz CT molecular complexity index is 493. The molecule has 0 spiro atoms. The van der Waals surface area contributed by atoms with Gasteiger partial charge in [-0.05, 0) is 37.1 Å². The first-order chi connectivity index (χ1) is 6.93. The Morgan fingerprint density at radius 1 is 1.53 bits per heavy atom. The fourth-order valence-corrected chi connectivity index (χ4v) is 3.91. The summed E-state index contributed by atoms with van der Waals surface area (Å²) in [6.07, 6.45) is -0.752. The van der Waals surface area contributed by atoms with Crippen LogP contribution in [0.1, 0.15) is 12.5 Å². The zero-order chi connectivity index (χ0) is 11.2. The summed E-state index contributed by atoms with van der Waals surface area (Å²) in [5.74, 6) is -0.449. The van der Waals surface area contributed by atoms with Crippen LogP contribution in [0.3, 0.4) is 0 Å². The zero-order valence-electron chi connectivity index (χ0n) is 8.14. The van der Waals surface area contributed by atoms with E-state index in [0.717, 1.165) is 6.07 Å². The number of aliphatic hydroxyl groups excluding tert-OH is 1. The fourth-order valence-electron chi connectivity index (χ4n) is 1.90. The number of hydrogen-bond acceptors (Lipinski definition) is 3. The molecule has 0 fully saturated rings. The molecule has 0 saturated heterocycles. The number of fused-ring (bicyclic) bond motifs is 1. The van der Waals surface area contributed by atoms with Gasteiger partial charge in [0.15, 0.2) is 9.84 Å². The van der Waals surface area contributed by atoms with Crippen molar-refractivity contribution in [3.63, 3.8) is 0 Å². The Morgan fingerprint density at radius 3 is 2.80 bits per heavy atom. The third-order valence-electron chi connectivity index (χ3n) is 2.69. The van der Waals surface area contributed by atoms with Crippen LogP contribution < -0.4 is 0 Å². The van der Waals surface area contributed by atoms with Crippen molar-refractivity contribution in [3.05, 3.63) is 29.6 Å². The molecule has 82 valence electrons. The Hall–Kier alpha value is -0.940. The maximum Gasteiger partial charge on any atom is 0.184 e. The normalized spacial score (nSPS) is 24.9. The number of halogens is 1. The second kappa shape index (κ2) is 3.28. The van der Waals surface area contributed by atoms with Gasteiger partial charge in [-0.3, -0.25) is 0 Å². The molecule has 1 aromatic carbocycles. The van der Waals surface area contributed by atoms with Crippen molar-refractivity contribution < 1.29 is 17.9 Å². The molecule has 2 unspecified atom stereocenters. The van der Waals surface area contributed by atoms with Crippen LogP contribution in [-0.4, -0.2) is 24.9 Å². The molecular weight excluding hydrogens is 219 g/mol. The molecule has 15 heavy (non-hydrogen) atoms. The minimum absolute atomic E-state index is 0.148. The van der Waals surface area contributed by atoms with E-state index in [-0.39, 0.29) is 11.3 Å². The van der Waals surface area contributed by atoms with Gasteiger partial charge in [-0.2, -0.15) is 0 Å². The molecule has 1 heterocycles. The van der Waals surface area contributed by atoms with Crippen LogP contribution in [0.25, 0.3) is 0 Å². The second-order valence-corrected chi connectivity index (χ2v) is 5.92. The lowest BCUT2D eigenvalue weighted by Gasteiger charge is -2.11. The van der Waals surface area contributed by atoms with E-state index < -0.39 is 27.0 Å². The van der Waals surface area contributed by atoms with Crippen LogP contribution in [0.4, 0.5) is 4.39 Å². The average molecular weight is 230 g/mol. The summed E-state index contributed by atoms with van der Waals surface area (Å²) in [5, 5.41) is 8.52. The highest BCUT2D eigenvalue weighted by Crippen LogP contribution is 2.33. The quantitative estimate of drug-likeness (QED) is 0.729. The first-order valence-electron chi connectivity index (χ1n) is 4.63. The third kappa shape index (κ3) is 1.55. The van der Waals surface area contributed by atoms with Crippen molar-refractivity contribution in [1.82, 2.24) is 0 Å². The molecule has 1 aromatic rings. The summed E-state index contributed by atoms with van der Waals surface area (Å²) in [5.41, 5.74) is 0.459. The van der Waals surface area contributed by atoms with Gasteiger partial charge in [0.2, 0.25) is 0 Å². The molecule has 0 amide bonds. The van der Waals surface area contributed by atoms with Gasteiger partial charge in [-0.25, -0.2) is 12.8 Å². The number of sulfone groups is 1. The summed E-state index contributed by atoms with van der Waals surface area (Å²) in [7, 11) is -3.48. The number of rotatable bonds is 1. The molecule has 1 N–H and O–H groups in total. The van der Waals surface area contributed by atoms with Crippen molar-refractivity contribution in [2.45, 2.75) is 29.6 Å². The number of hydrogen-bond donors (Lipinski definition) is 1. The standard InChI is InChI=1S/C10H11FO3S/c1-6(12)10-5-7-4-8(11)2-3-9(7)15(10,13)14/h2-4,6,10,12H,5H2,1H3. The minimum Gasteiger partial charge on any atom is -0.392 e. The molecule has 2 rings (SSSR count). The van der Waals surface area contributed by atoms with Crippen LogP contribution in [0.2, 0.25) is 0 Å². The molecular formula is C10H11FO3S. The summed E-state index contributed by atoms with van der Waals surface area (Å²) in [6.45, 7) is 1.43. The molecule has 5 heteroatoms. The summed E-state index contributed by atoms with van der Waals surface area (Å²) >= 11 is 0. The molecule has 1 aliphatic rings. The van der Waals surface area contributed by atoms with Gasteiger partial charge in [0.05, 0.1) is 16.2 Å². The lowest BCUT2D eigenvalue weighted by molar-refractivity contribution is 0.189. The van der Waals surface area contributed by atoms with E-state index in [2.05, 4.69) is 0 Å². The van der Waals surface area contributed by atoms with Crippen molar-refractivity contribution in [2.24, 2.45) is 0 Å². The molecule has 0 radical (unpaired) electrons. The molecule has 0 saturated carbocycles. The van der Waals surface area contributed by atoms with Gasteiger partial charge in [0.1, 0.15) is 5.82 Å². The van der Waals surface area contributed by atoms with Gasteiger partial charge in [-0.1, -0.05) is 0 Å². The summed E-state index contributed by atoms with van der Waals surface area (Å²) in [6, 6.07) is 3.61. The van der Waals surface area contributed by atoms with E-state index in [1.807, 2.05) is 0 Å².